The molecule has 30 heavy (non-hydrogen) atoms. The quantitative estimate of drug-likeness (QED) is 0.313. The number of aryl methyl sites for hydroxylation is 2. The van der Waals surface area contributed by atoms with Crippen molar-refractivity contribution in [2.45, 2.75) is 41.0 Å². The Kier molecular flexibility index (Phi) is 4.18. The van der Waals surface area contributed by atoms with E-state index in [4.69, 9.17) is 9.40 Å². The van der Waals surface area contributed by atoms with Crippen LogP contribution >= 0.6 is 0 Å². The van der Waals surface area contributed by atoms with E-state index in [1.54, 1.807) is 0 Å². The molecular formula is C27H26N2O. The Labute approximate surface area is 176 Å². The maximum atomic E-state index is 6.51. The summed E-state index contributed by atoms with van der Waals surface area (Å²) in [6.45, 7) is 11.0. The number of hydrogen-bond acceptors (Lipinski definition) is 3. The molecule has 0 bridgehead atoms. The van der Waals surface area contributed by atoms with E-state index >= 15 is 0 Å². The van der Waals surface area contributed by atoms with E-state index in [1.165, 1.54) is 11.1 Å². The smallest absolute Gasteiger partial charge is 0.144 e. The normalized spacial score (nSPS) is 12.3. The predicted octanol–water partition coefficient (Wildman–Crippen LogP) is 7.40. The number of furan rings is 1. The van der Waals surface area contributed by atoms with Crippen molar-refractivity contribution >= 4 is 32.7 Å². The van der Waals surface area contributed by atoms with Crippen molar-refractivity contribution in [3.63, 3.8) is 0 Å². The summed E-state index contributed by atoms with van der Waals surface area (Å²) in [5, 5.41) is 4.45. The van der Waals surface area contributed by atoms with Crippen molar-refractivity contribution in [1.29, 1.82) is 0 Å². The molecule has 3 aromatic heterocycles. The Morgan fingerprint density at radius 1 is 0.833 bits per heavy atom. The van der Waals surface area contributed by atoms with Crippen LogP contribution < -0.4 is 0 Å². The Balaban J connectivity index is 1.76. The second-order valence-corrected chi connectivity index (χ2v) is 9.51. The molecule has 2 aromatic carbocycles. The average molecular weight is 395 g/mol. The molecule has 150 valence electrons. The Morgan fingerprint density at radius 2 is 1.63 bits per heavy atom. The van der Waals surface area contributed by atoms with Crippen molar-refractivity contribution < 1.29 is 4.42 Å². The molecule has 3 heteroatoms. The van der Waals surface area contributed by atoms with Gasteiger partial charge < -0.3 is 4.42 Å². The molecule has 0 fully saturated rings. The molecule has 0 unspecified atom stereocenters. The first kappa shape index (κ1) is 18.8. The molecule has 0 aliphatic rings. The lowest BCUT2D eigenvalue weighted by Crippen LogP contribution is -2.10. The van der Waals surface area contributed by atoms with E-state index in [-0.39, 0.29) is 5.41 Å². The first-order valence-electron chi connectivity index (χ1n) is 10.5. The minimum absolute atomic E-state index is 0.222. The van der Waals surface area contributed by atoms with Crippen LogP contribution in [0.25, 0.3) is 44.0 Å². The van der Waals surface area contributed by atoms with Crippen LogP contribution in [0.5, 0.6) is 0 Å². The van der Waals surface area contributed by atoms with Gasteiger partial charge in [0, 0.05) is 45.2 Å². The van der Waals surface area contributed by atoms with Crippen LogP contribution in [0.2, 0.25) is 0 Å². The van der Waals surface area contributed by atoms with E-state index in [2.05, 4.69) is 75.1 Å². The number of nitrogens with zero attached hydrogens (tertiary/aromatic N) is 2. The summed E-state index contributed by atoms with van der Waals surface area (Å²) >= 11 is 0. The lowest BCUT2D eigenvalue weighted by molar-refractivity contribution is 0.410. The van der Waals surface area contributed by atoms with Crippen molar-refractivity contribution in [3.05, 3.63) is 71.7 Å². The molecule has 0 N–H and O–H groups in total. The highest BCUT2D eigenvalue weighted by atomic mass is 16.3. The summed E-state index contributed by atoms with van der Waals surface area (Å²) in [4.78, 5) is 9.19. The molecule has 0 aliphatic heterocycles. The molecular weight excluding hydrogens is 368 g/mol. The van der Waals surface area contributed by atoms with E-state index in [0.29, 0.717) is 0 Å². The van der Waals surface area contributed by atoms with E-state index in [9.17, 15) is 0 Å². The number of rotatable bonds is 2. The van der Waals surface area contributed by atoms with Crippen LogP contribution in [0.1, 0.15) is 37.6 Å². The summed E-state index contributed by atoms with van der Waals surface area (Å²) in [5.74, 6) is 0. The molecule has 3 heterocycles. The van der Waals surface area contributed by atoms with Crippen LogP contribution in [0.15, 0.2) is 59.3 Å². The highest BCUT2D eigenvalue weighted by molar-refractivity contribution is 6.17. The third-order valence-corrected chi connectivity index (χ3v) is 5.71. The second-order valence-electron chi connectivity index (χ2n) is 9.51. The van der Waals surface area contributed by atoms with Crippen LogP contribution in [0.3, 0.4) is 0 Å². The number of benzene rings is 2. The van der Waals surface area contributed by atoms with Gasteiger partial charge in [-0.15, -0.1) is 0 Å². The fourth-order valence-electron chi connectivity index (χ4n) is 4.25. The monoisotopic (exact) mass is 394 g/mol. The fraction of sp³-hybridized carbons (Fsp3) is 0.259. The lowest BCUT2D eigenvalue weighted by Gasteiger charge is -2.20. The van der Waals surface area contributed by atoms with Crippen LogP contribution in [-0.2, 0) is 6.42 Å². The number of aromatic nitrogens is 2. The minimum atomic E-state index is 0.222. The lowest BCUT2D eigenvalue weighted by atomic mass is 9.86. The van der Waals surface area contributed by atoms with Gasteiger partial charge in [-0.05, 0) is 61.1 Å². The predicted molar refractivity (Wildman–Crippen MR) is 125 cm³/mol. The number of hydrogen-bond donors (Lipinski definition) is 0. The van der Waals surface area contributed by atoms with Gasteiger partial charge in [0.25, 0.3) is 0 Å². The topological polar surface area (TPSA) is 38.9 Å². The highest BCUT2D eigenvalue weighted by Gasteiger charge is 2.18. The van der Waals surface area contributed by atoms with Crippen LogP contribution in [0, 0.1) is 19.3 Å². The van der Waals surface area contributed by atoms with Gasteiger partial charge in [-0.2, -0.15) is 0 Å². The van der Waals surface area contributed by atoms with Gasteiger partial charge >= 0.3 is 0 Å². The second kappa shape index (κ2) is 6.66. The Hall–Kier alpha value is -3.20. The zero-order chi connectivity index (χ0) is 21.0. The Bertz CT molecular complexity index is 1420. The maximum Gasteiger partial charge on any atom is 0.144 e. The molecule has 0 spiro atoms. The van der Waals surface area contributed by atoms with Crippen LogP contribution in [0.4, 0.5) is 0 Å². The summed E-state index contributed by atoms with van der Waals surface area (Å²) in [7, 11) is 0. The van der Waals surface area contributed by atoms with Crippen LogP contribution in [-0.4, -0.2) is 9.97 Å². The van der Waals surface area contributed by atoms with Crippen molar-refractivity contribution in [3.8, 4) is 11.3 Å². The fourth-order valence-corrected chi connectivity index (χ4v) is 4.25. The molecule has 0 radical (unpaired) electrons. The number of fused-ring (bicyclic) bond motifs is 5. The third kappa shape index (κ3) is 3.15. The van der Waals surface area contributed by atoms with E-state index in [0.717, 1.165) is 56.1 Å². The van der Waals surface area contributed by atoms with Gasteiger partial charge in [0.05, 0.1) is 5.69 Å². The summed E-state index contributed by atoms with van der Waals surface area (Å²) in [5.41, 5.74) is 7.61. The summed E-state index contributed by atoms with van der Waals surface area (Å²) in [6.07, 6.45) is 4.92. The van der Waals surface area contributed by atoms with Gasteiger partial charge in [0.15, 0.2) is 0 Å². The number of pyridine rings is 2. The Morgan fingerprint density at radius 3 is 2.43 bits per heavy atom. The first-order valence-corrected chi connectivity index (χ1v) is 10.5. The standard InChI is InChI=1S/C27H26N2O/c1-16-14-29-24(12-19(16)13-27(3,4)5)22-8-6-7-20-21-10-9-18-15-28-17(2)11-23(18)26(21)30-25(20)22/h6-12,14-15H,13H2,1-5H3. The highest BCUT2D eigenvalue weighted by Crippen LogP contribution is 2.38. The molecule has 0 amide bonds. The average Bonchev–Trinajstić information content (AvgIpc) is 3.08. The van der Waals surface area contributed by atoms with Gasteiger partial charge in [-0.25, -0.2) is 0 Å². The molecule has 3 nitrogen and oxygen atoms in total. The third-order valence-electron chi connectivity index (χ3n) is 5.71. The number of para-hydroxylation sites is 1. The first-order chi connectivity index (χ1) is 14.3. The van der Waals surface area contributed by atoms with Gasteiger partial charge in [0.2, 0.25) is 0 Å². The van der Waals surface area contributed by atoms with Crippen molar-refractivity contribution in [2.75, 3.05) is 0 Å². The van der Waals surface area contributed by atoms with E-state index in [1.807, 2.05) is 19.3 Å². The van der Waals surface area contributed by atoms with E-state index < -0.39 is 0 Å². The largest absolute Gasteiger partial charge is 0.455 e. The van der Waals surface area contributed by atoms with Crippen molar-refractivity contribution in [1.82, 2.24) is 9.97 Å². The zero-order valence-electron chi connectivity index (χ0n) is 18.2. The molecule has 0 aliphatic carbocycles. The summed E-state index contributed by atoms with van der Waals surface area (Å²) in [6, 6.07) is 14.9. The molecule has 5 aromatic rings. The van der Waals surface area contributed by atoms with Gasteiger partial charge in [-0.1, -0.05) is 39.0 Å². The molecule has 0 saturated heterocycles. The maximum absolute atomic E-state index is 6.51. The zero-order valence-corrected chi connectivity index (χ0v) is 18.2. The molecule has 5 rings (SSSR count). The van der Waals surface area contributed by atoms with Crippen molar-refractivity contribution in [2.24, 2.45) is 5.41 Å². The van der Waals surface area contributed by atoms with Gasteiger partial charge in [-0.3, -0.25) is 9.97 Å². The minimum Gasteiger partial charge on any atom is -0.455 e. The SMILES string of the molecule is Cc1cc2c(ccc3c4cccc(-c5cc(CC(C)(C)C)c(C)cn5)c4oc23)cn1. The van der Waals surface area contributed by atoms with Gasteiger partial charge in [0.1, 0.15) is 11.2 Å². The summed E-state index contributed by atoms with van der Waals surface area (Å²) < 4.78 is 6.51. The molecule has 0 saturated carbocycles. The molecule has 0 atom stereocenters.